The Hall–Kier alpha value is -4.66. The lowest BCUT2D eigenvalue weighted by Crippen LogP contribution is -2.22. The second-order valence-corrected chi connectivity index (χ2v) is 7.39. The summed E-state index contributed by atoms with van der Waals surface area (Å²) < 4.78 is 12.0. The van der Waals surface area contributed by atoms with Crippen molar-refractivity contribution in [3.63, 3.8) is 0 Å². The van der Waals surface area contributed by atoms with Crippen LogP contribution in [-0.4, -0.2) is 34.2 Å². The highest BCUT2D eigenvalue weighted by molar-refractivity contribution is 6.07. The van der Waals surface area contributed by atoms with Crippen LogP contribution in [0.5, 0.6) is 0 Å². The van der Waals surface area contributed by atoms with Gasteiger partial charge in [-0.25, -0.2) is 9.48 Å². The number of carbonyl (C=O) groups excluding carboxylic acids is 3. The smallest absolute Gasteiger partial charge is 0.340 e. The average molecular weight is 458 g/mol. The lowest BCUT2D eigenvalue weighted by molar-refractivity contribution is -0.119. The fraction of sp³-hybridized carbons (Fsp3) is 0.120. The highest BCUT2D eigenvalue weighted by atomic mass is 16.5. The zero-order valence-electron chi connectivity index (χ0n) is 18.6. The lowest BCUT2D eigenvalue weighted by Gasteiger charge is -2.11. The number of hydrogen-bond acceptors (Lipinski definition) is 6. The molecule has 2 amide bonds. The van der Waals surface area contributed by atoms with Gasteiger partial charge in [0.1, 0.15) is 0 Å². The van der Waals surface area contributed by atoms with Gasteiger partial charge < -0.3 is 19.8 Å². The maximum Gasteiger partial charge on any atom is 0.340 e. The number of nitrogens with one attached hydrogen (secondary N) is 2. The van der Waals surface area contributed by atoms with Crippen LogP contribution >= 0.6 is 0 Å². The Balaban J connectivity index is 1.40. The van der Waals surface area contributed by atoms with Gasteiger partial charge in [-0.05, 0) is 50.2 Å². The number of aryl methyl sites for hydroxylation is 1. The monoisotopic (exact) mass is 458 g/mol. The largest absolute Gasteiger partial charge is 0.459 e. The van der Waals surface area contributed by atoms with E-state index in [1.54, 1.807) is 35.9 Å². The Morgan fingerprint density at radius 3 is 2.41 bits per heavy atom. The first kappa shape index (κ1) is 22.5. The van der Waals surface area contributed by atoms with Crippen molar-refractivity contribution in [1.82, 2.24) is 9.78 Å². The molecular weight excluding hydrogens is 436 g/mol. The number of aromatic nitrogens is 2. The number of hydrogen-bond donors (Lipinski definition) is 2. The van der Waals surface area contributed by atoms with Gasteiger partial charge in [0.05, 0.1) is 40.3 Å². The molecular formula is C25H22N4O5. The van der Waals surface area contributed by atoms with Gasteiger partial charge in [-0.15, -0.1) is 0 Å². The van der Waals surface area contributed by atoms with E-state index in [-0.39, 0.29) is 17.0 Å². The molecule has 0 unspecified atom stereocenters. The number of amides is 2. The first-order chi connectivity index (χ1) is 16.4. The predicted molar refractivity (Wildman–Crippen MR) is 125 cm³/mol. The molecule has 2 aromatic carbocycles. The van der Waals surface area contributed by atoms with Crippen LogP contribution in [0.2, 0.25) is 0 Å². The van der Waals surface area contributed by atoms with Crippen LogP contribution in [0, 0.1) is 13.8 Å². The molecule has 9 nitrogen and oxygen atoms in total. The topological polar surface area (TPSA) is 115 Å². The minimum absolute atomic E-state index is 0.101. The molecule has 0 saturated heterocycles. The third-order valence-corrected chi connectivity index (χ3v) is 5.03. The Bertz CT molecular complexity index is 1330. The standard InChI is InChI=1S/C25H22N4O5/c1-16-23(17(2)29(28-16)18-9-4-3-5-10-18)27-22(30)15-34-25(32)19-11-6-7-12-20(19)26-24(31)21-13-8-14-33-21/h3-14H,15H2,1-2H3,(H,26,31)(H,27,30). The van der Waals surface area contributed by atoms with Gasteiger partial charge in [-0.1, -0.05) is 30.3 Å². The van der Waals surface area contributed by atoms with Crippen molar-refractivity contribution in [2.24, 2.45) is 0 Å². The number of rotatable bonds is 7. The molecule has 172 valence electrons. The van der Waals surface area contributed by atoms with E-state index in [1.165, 1.54) is 18.4 Å². The molecule has 0 fully saturated rings. The van der Waals surface area contributed by atoms with E-state index in [1.807, 2.05) is 37.3 Å². The first-order valence-electron chi connectivity index (χ1n) is 10.5. The minimum Gasteiger partial charge on any atom is -0.459 e. The van der Waals surface area contributed by atoms with E-state index >= 15 is 0 Å². The molecule has 4 aromatic rings. The summed E-state index contributed by atoms with van der Waals surface area (Å²) in [4.78, 5) is 37.4. The van der Waals surface area contributed by atoms with Crippen LogP contribution in [0.15, 0.2) is 77.4 Å². The molecule has 2 heterocycles. The van der Waals surface area contributed by atoms with Gasteiger partial charge in [-0.3, -0.25) is 9.59 Å². The summed E-state index contributed by atoms with van der Waals surface area (Å²) in [6, 6.07) is 19.0. The van der Waals surface area contributed by atoms with E-state index in [2.05, 4.69) is 15.7 Å². The highest BCUT2D eigenvalue weighted by Crippen LogP contribution is 2.23. The quantitative estimate of drug-likeness (QED) is 0.403. The Labute approximate surface area is 195 Å². The molecule has 0 radical (unpaired) electrons. The Morgan fingerprint density at radius 1 is 0.941 bits per heavy atom. The van der Waals surface area contributed by atoms with Gasteiger partial charge in [-0.2, -0.15) is 5.10 Å². The molecule has 0 bridgehead atoms. The summed E-state index contributed by atoms with van der Waals surface area (Å²) in [6.45, 7) is 3.12. The first-order valence-corrected chi connectivity index (χ1v) is 10.5. The van der Waals surface area contributed by atoms with Gasteiger partial charge in [0.25, 0.3) is 11.8 Å². The van der Waals surface area contributed by atoms with E-state index in [4.69, 9.17) is 9.15 Å². The van der Waals surface area contributed by atoms with Gasteiger partial charge >= 0.3 is 5.97 Å². The fourth-order valence-electron chi connectivity index (χ4n) is 3.39. The maximum atomic E-state index is 12.6. The molecule has 9 heteroatoms. The van der Waals surface area contributed by atoms with Crippen LogP contribution in [0.3, 0.4) is 0 Å². The van der Waals surface area contributed by atoms with Crippen molar-refractivity contribution in [2.45, 2.75) is 13.8 Å². The molecule has 0 saturated carbocycles. The molecule has 0 atom stereocenters. The van der Waals surface area contributed by atoms with E-state index in [0.717, 1.165) is 11.4 Å². The predicted octanol–water partition coefficient (Wildman–Crippen LogP) is 4.13. The van der Waals surface area contributed by atoms with Crippen LogP contribution in [-0.2, 0) is 9.53 Å². The van der Waals surface area contributed by atoms with Gasteiger partial charge in [0, 0.05) is 0 Å². The number of nitrogens with zero attached hydrogens (tertiary/aromatic N) is 2. The van der Waals surface area contributed by atoms with Gasteiger partial charge in [0.15, 0.2) is 12.4 Å². The third-order valence-electron chi connectivity index (χ3n) is 5.03. The summed E-state index contributed by atoms with van der Waals surface area (Å²) in [6.07, 6.45) is 1.38. The second-order valence-electron chi connectivity index (χ2n) is 7.39. The van der Waals surface area contributed by atoms with Crippen LogP contribution < -0.4 is 10.6 Å². The number of anilines is 2. The molecule has 34 heavy (non-hydrogen) atoms. The number of carbonyl (C=O) groups is 3. The summed E-state index contributed by atoms with van der Waals surface area (Å²) >= 11 is 0. The van der Waals surface area contributed by atoms with Gasteiger partial charge in [0.2, 0.25) is 0 Å². The SMILES string of the molecule is Cc1nn(-c2ccccc2)c(C)c1NC(=O)COC(=O)c1ccccc1NC(=O)c1ccco1. The number of benzene rings is 2. The summed E-state index contributed by atoms with van der Waals surface area (Å²) in [7, 11) is 0. The van der Waals surface area contributed by atoms with E-state index in [0.29, 0.717) is 11.4 Å². The summed E-state index contributed by atoms with van der Waals surface area (Å²) in [5.41, 5.74) is 3.14. The Kier molecular flexibility index (Phi) is 6.54. The highest BCUT2D eigenvalue weighted by Gasteiger charge is 2.19. The molecule has 4 rings (SSSR count). The van der Waals surface area contributed by atoms with Crippen molar-refractivity contribution in [3.8, 4) is 5.69 Å². The Morgan fingerprint density at radius 2 is 1.68 bits per heavy atom. The summed E-state index contributed by atoms with van der Waals surface area (Å²) in [5.74, 6) is -1.67. The minimum atomic E-state index is -0.751. The number of furan rings is 1. The zero-order valence-corrected chi connectivity index (χ0v) is 18.6. The van der Waals surface area contributed by atoms with Crippen molar-refractivity contribution in [1.29, 1.82) is 0 Å². The number of esters is 1. The number of ether oxygens (including phenoxy) is 1. The van der Waals surface area contributed by atoms with Crippen molar-refractivity contribution in [2.75, 3.05) is 17.2 Å². The third kappa shape index (κ3) is 4.88. The van der Waals surface area contributed by atoms with E-state index in [9.17, 15) is 14.4 Å². The fourth-order valence-corrected chi connectivity index (χ4v) is 3.39. The average Bonchev–Trinajstić information content (AvgIpc) is 3.48. The van der Waals surface area contributed by atoms with Crippen LogP contribution in [0.1, 0.15) is 32.3 Å². The molecule has 0 aliphatic rings. The van der Waals surface area contributed by atoms with E-state index < -0.39 is 24.4 Å². The maximum absolute atomic E-state index is 12.6. The van der Waals surface area contributed by atoms with Crippen LogP contribution in [0.4, 0.5) is 11.4 Å². The number of para-hydroxylation sites is 2. The molecule has 0 aliphatic carbocycles. The van der Waals surface area contributed by atoms with Crippen molar-refractivity contribution >= 4 is 29.2 Å². The molecule has 2 aromatic heterocycles. The van der Waals surface area contributed by atoms with Crippen LogP contribution in [0.25, 0.3) is 5.69 Å². The lowest BCUT2D eigenvalue weighted by atomic mass is 10.1. The molecule has 2 N–H and O–H groups in total. The zero-order chi connectivity index (χ0) is 24.1. The van der Waals surface area contributed by atoms with Crippen molar-refractivity contribution < 1.29 is 23.5 Å². The normalized spacial score (nSPS) is 10.5. The second kappa shape index (κ2) is 9.86. The molecule has 0 spiro atoms. The molecule has 0 aliphatic heterocycles. The van der Waals surface area contributed by atoms with Crippen molar-refractivity contribution in [3.05, 3.63) is 95.7 Å². The summed E-state index contributed by atoms with van der Waals surface area (Å²) in [5, 5.41) is 9.85.